The molecule has 1 rings (SSSR count). The van der Waals surface area contributed by atoms with Gasteiger partial charge < -0.3 is 9.15 Å². The lowest BCUT2D eigenvalue weighted by molar-refractivity contribution is -0.145. The summed E-state index contributed by atoms with van der Waals surface area (Å²) in [6.45, 7) is 4.87. The Kier molecular flexibility index (Phi) is 7.34. The smallest absolute Gasteiger partial charge is 0.313 e. The van der Waals surface area contributed by atoms with Crippen LogP contribution in [0.4, 0.5) is 0 Å². The van der Waals surface area contributed by atoms with Crippen LogP contribution >= 0.6 is 0 Å². The number of hydrogen-bond acceptors (Lipinski definition) is 5. The highest BCUT2D eigenvalue weighted by molar-refractivity contribution is 5.94. The van der Waals surface area contributed by atoms with Crippen LogP contribution in [0.5, 0.6) is 0 Å². The minimum Gasteiger partial charge on any atom is -0.466 e. The molecular formula is C12H16O5. The first kappa shape index (κ1) is 15.1. The van der Waals surface area contributed by atoms with E-state index in [4.69, 9.17) is 4.42 Å². The maximum absolute atomic E-state index is 10.4. The van der Waals surface area contributed by atoms with E-state index >= 15 is 0 Å². The van der Waals surface area contributed by atoms with Crippen molar-refractivity contribution in [3.8, 4) is 0 Å². The highest BCUT2D eigenvalue weighted by Gasteiger charge is 2.03. The molecule has 17 heavy (non-hydrogen) atoms. The summed E-state index contributed by atoms with van der Waals surface area (Å²) in [4.78, 5) is 31.1. The molecule has 1 aromatic rings. The molecule has 1 heterocycles. The molecule has 0 spiro atoms. The van der Waals surface area contributed by atoms with Crippen LogP contribution < -0.4 is 0 Å². The second kappa shape index (κ2) is 8.27. The van der Waals surface area contributed by atoms with Crippen molar-refractivity contribution < 1.29 is 23.5 Å². The lowest BCUT2D eigenvalue weighted by atomic mass is 10.3. The number of hydrogen-bond donors (Lipinski definition) is 0. The Morgan fingerprint density at radius 2 is 1.94 bits per heavy atom. The molecule has 5 nitrogen and oxygen atoms in total. The molecule has 0 saturated carbocycles. The van der Waals surface area contributed by atoms with E-state index in [1.807, 2.05) is 0 Å². The zero-order chi connectivity index (χ0) is 13.3. The van der Waals surface area contributed by atoms with E-state index in [9.17, 15) is 14.4 Å². The van der Waals surface area contributed by atoms with Gasteiger partial charge in [0.2, 0.25) is 0 Å². The van der Waals surface area contributed by atoms with Crippen LogP contribution in [0.3, 0.4) is 0 Å². The van der Waals surface area contributed by atoms with Crippen LogP contribution in [0.1, 0.15) is 37.7 Å². The Hall–Kier alpha value is -1.91. The van der Waals surface area contributed by atoms with Gasteiger partial charge in [0, 0.05) is 6.92 Å². The summed E-state index contributed by atoms with van der Waals surface area (Å²) in [7, 11) is 0. The van der Waals surface area contributed by atoms with E-state index in [1.165, 1.54) is 20.1 Å². The highest BCUT2D eigenvalue weighted by atomic mass is 16.5. The molecule has 1 aromatic heterocycles. The lowest BCUT2D eigenvalue weighted by Crippen LogP contribution is -2.07. The average Bonchev–Trinajstić information content (AvgIpc) is 2.70. The van der Waals surface area contributed by atoms with E-state index in [0.29, 0.717) is 12.4 Å². The van der Waals surface area contributed by atoms with E-state index < -0.39 is 5.97 Å². The molecular weight excluding hydrogens is 224 g/mol. The van der Waals surface area contributed by atoms with Crippen molar-refractivity contribution in [3.63, 3.8) is 0 Å². The SMILES string of the molecule is CC(=O)c1ccco1.CCOC(=O)CC(C)=O. The number of ketones is 2. The number of Topliss-reactive ketones (excluding diaryl/α,β-unsaturated/α-hetero) is 2. The maximum atomic E-state index is 10.4. The lowest BCUT2D eigenvalue weighted by Gasteiger charge is -1.96. The minimum absolute atomic E-state index is 0.0324. The van der Waals surface area contributed by atoms with Crippen molar-refractivity contribution in [2.45, 2.75) is 27.2 Å². The van der Waals surface area contributed by atoms with E-state index in [2.05, 4.69) is 4.74 Å². The van der Waals surface area contributed by atoms with Crippen molar-refractivity contribution in [1.29, 1.82) is 0 Å². The summed E-state index contributed by atoms with van der Waals surface area (Å²) in [5, 5.41) is 0. The molecule has 0 aliphatic heterocycles. The molecule has 0 radical (unpaired) electrons. The molecule has 0 N–H and O–H groups in total. The third kappa shape index (κ3) is 7.96. The van der Waals surface area contributed by atoms with Gasteiger partial charge in [0.15, 0.2) is 11.5 Å². The summed E-state index contributed by atoms with van der Waals surface area (Å²) >= 11 is 0. The van der Waals surface area contributed by atoms with Gasteiger partial charge >= 0.3 is 5.97 Å². The fourth-order valence-corrected chi connectivity index (χ4v) is 0.894. The third-order valence-corrected chi connectivity index (χ3v) is 1.57. The van der Waals surface area contributed by atoms with Gasteiger partial charge in [-0.25, -0.2) is 0 Å². The fourth-order valence-electron chi connectivity index (χ4n) is 0.894. The number of carbonyl (C=O) groups excluding carboxylic acids is 3. The predicted molar refractivity (Wildman–Crippen MR) is 60.6 cm³/mol. The van der Waals surface area contributed by atoms with E-state index in [-0.39, 0.29) is 18.0 Å². The highest BCUT2D eigenvalue weighted by Crippen LogP contribution is 1.98. The van der Waals surface area contributed by atoms with Crippen molar-refractivity contribution in [2.75, 3.05) is 6.61 Å². The zero-order valence-electron chi connectivity index (χ0n) is 10.2. The monoisotopic (exact) mass is 240 g/mol. The molecule has 0 fully saturated rings. The molecule has 0 atom stereocenters. The Morgan fingerprint density at radius 3 is 2.24 bits per heavy atom. The molecule has 94 valence electrons. The van der Waals surface area contributed by atoms with Crippen molar-refractivity contribution in [2.24, 2.45) is 0 Å². The van der Waals surface area contributed by atoms with Gasteiger partial charge in [-0.3, -0.25) is 14.4 Å². The quantitative estimate of drug-likeness (QED) is 0.457. The molecule has 0 aliphatic rings. The molecule has 5 heteroatoms. The number of esters is 1. The van der Waals surface area contributed by atoms with Crippen molar-refractivity contribution in [3.05, 3.63) is 24.2 Å². The molecule has 0 aliphatic carbocycles. The average molecular weight is 240 g/mol. The number of rotatable bonds is 4. The van der Waals surface area contributed by atoms with Gasteiger partial charge in [0.1, 0.15) is 12.2 Å². The molecule has 0 bridgehead atoms. The molecule has 0 saturated heterocycles. The Balaban J connectivity index is 0.000000302. The van der Waals surface area contributed by atoms with Crippen LogP contribution in [0.2, 0.25) is 0 Å². The Morgan fingerprint density at radius 1 is 1.29 bits per heavy atom. The molecule has 0 unspecified atom stereocenters. The van der Waals surface area contributed by atoms with Gasteiger partial charge in [-0.15, -0.1) is 0 Å². The Labute approximate surface area is 99.7 Å². The fraction of sp³-hybridized carbons (Fsp3) is 0.417. The van der Waals surface area contributed by atoms with Gasteiger partial charge in [-0.1, -0.05) is 0 Å². The van der Waals surface area contributed by atoms with Crippen molar-refractivity contribution >= 4 is 17.5 Å². The van der Waals surface area contributed by atoms with Gasteiger partial charge in [0.05, 0.1) is 12.9 Å². The van der Waals surface area contributed by atoms with E-state index in [1.54, 1.807) is 19.1 Å². The normalized spacial score (nSPS) is 8.88. The number of carbonyl (C=O) groups is 3. The first-order valence-corrected chi connectivity index (χ1v) is 5.16. The van der Waals surface area contributed by atoms with Crippen LogP contribution in [-0.2, 0) is 14.3 Å². The first-order valence-electron chi connectivity index (χ1n) is 5.16. The summed E-state index contributed by atoms with van der Waals surface area (Å²) in [6, 6.07) is 3.33. The maximum Gasteiger partial charge on any atom is 0.313 e. The summed E-state index contributed by atoms with van der Waals surface area (Å²) in [5.74, 6) is -0.210. The van der Waals surface area contributed by atoms with Gasteiger partial charge in [0.25, 0.3) is 0 Å². The minimum atomic E-state index is -0.440. The van der Waals surface area contributed by atoms with Crippen LogP contribution in [0, 0.1) is 0 Å². The number of ether oxygens (including phenoxy) is 1. The van der Waals surface area contributed by atoms with Gasteiger partial charge in [-0.2, -0.15) is 0 Å². The Bertz CT molecular complexity index is 364. The topological polar surface area (TPSA) is 73.6 Å². The number of furan rings is 1. The molecule has 0 aromatic carbocycles. The predicted octanol–water partition coefficient (Wildman–Crippen LogP) is 2.01. The van der Waals surface area contributed by atoms with Crippen LogP contribution in [0.15, 0.2) is 22.8 Å². The zero-order valence-corrected chi connectivity index (χ0v) is 10.2. The largest absolute Gasteiger partial charge is 0.466 e. The van der Waals surface area contributed by atoms with Crippen molar-refractivity contribution in [1.82, 2.24) is 0 Å². The van der Waals surface area contributed by atoms with Crippen LogP contribution in [-0.4, -0.2) is 24.1 Å². The molecule has 0 amide bonds. The standard InChI is InChI=1S/C6H10O3.C6H6O2/c1-3-9-6(8)4-5(2)7;1-5(7)6-3-2-4-8-6/h3-4H2,1-2H3;2-4H,1H3. The third-order valence-electron chi connectivity index (χ3n) is 1.57. The van der Waals surface area contributed by atoms with Crippen LogP contribution in [0.25, 0.3) is 0 Å². The first-order chi connectivity index (χ1) is 7.97. The van der Waals surface area contributed by atoms with E-state index in [0.717, 1.165) is 0 Å². The summed E-state index contributed by atoms with van der Waals surface area (Å²) < 4.78 is 9.24. The van der Waals surface area contributed by atoms with Gasteiger partial charge in [-0.05, 0) is 26.0 Å². The summed E-state index contributed by atoms with van der Waals surface area (Å²) in [6.07, 6.45) is 1.38. The summed E-state index contributed by atoms with van der Waals surface area (Å²) in [5.41, 5.74) is 0. The second-order valence-corrected chi connectivity index (χ2v) is 3.22. The second-order valence-electron chi connectivity index (χ2n) is 3.22.